The minimum atomic E-state index is 0.0781. The Labute approximate surface area is 127 Å². The smallest absolute Gasteiger partial charge is 0.150 e. The Bertz CT molecular complexity index is 572. The van der Waals surface area contributed by atoms with E-state index >= 15 is 0 Å². The van der Waals surface area contributed by atoms with E-state index in [4.69, 9.17) is 0 Å². The summed E-state index contributed by atoms with van der Waals surface area (Å²) >= 11 is 3.49. The van der Waals surface area contributed by atoms with Crippen molar-refractivity contribution in [1.82, 2.24) is 0 Å². The molecule has 0 amide bonds. The Morgan fingerprint density at radius 3 is 2.50 bits per heavy atom. The first-order chi connectivity index (χ1) is 9.74. The molecule has 0 aliphatic heterocycles. The SMILES string of the molecule is O=Cc1ccc(N(CCO)Cc2ccccc2)c(Br)c1. The van der Waals surface area contributed by atoms with Crippen molar-refractivity contribution in [3.63, 3.8) is 0 Å². The molecule has 20 heavy (non-hydrogen) atoms. The predicted molar refractivity (Wildman–Crippen MR) is 84.1 cm³/mol. The van der Waals surface area contributed by atoms with Crippen LogP contribution < -0.4 is 4.90 Å². The quantitative estimate of drug-likeness (QED) is 0.825. The third-order valence-electron chi connectivity index (χ3n) is 3.03. The van der Waals surface area contributed by atoms with E-state index in [1.54, 1.807) is 12.1 Å². The maximum absolute atomic E-state index is 10.8. The lowest BCUT2D eigenvalue weighted by Gasteiger charge is -2.25. The number of benzene rings is 2. The van der Waals surface area contributed by atoms with Crippen LogP contribution in [0.3, 0.4) is 0 Å². The van der Waals surface area contributed by atoms with Crippen LogP contribution in [0.2, 0.25) is 0 Å². The van der Waals surface area contributed by atoms with E-state index in [0.29, 0.717) is 18.7 Å². The molecule has 0 aromatic heterocycles. The van der Waals surface area contributed by atoms with Crippen molar-refractivity contribution >= 4 is 27.9 Å². The van der Waals surface area contributed by atoms with Crippen LogP contribution in [0.4, 0.5) is 5.69 Å². The molecule has 0 atom stereocenters. The summed E-state index contributed by atoms with van der Waals surface area (Å²) in [7, 11) is 0. The van der Waals surface area contributed by atoms with Gasteiger partial charge in [0.2, 0.25) is 0 Å². The van der Waals surface area contributed by atoms with Gasteiger partial charge in [0.1, 0.15) is 6.29 Å². The van der Waals surface area contributed by atoms with Crippen molar-refractivity contribution in [2.24, 2.45) is 0 Å². The minimum absolute atomic E-state index is 0.0781. The molecule has 104 valence electrons. The first-order valence-corrected chi connectivity index (χ1v) is 7.18. The summed E-state index contributed by atoms with van der Waals surface area (Å²) in [6.07, 6.45) is 0.822. The molecule has 2 aromatic carbocycles. The molecular formula is C16H16BrNO2. The maximum atomic E-state index is 10.8. The van der Waals surface area contributed by atoms with Crippen LogP contribution in [-0.2, 0) is 6.54 Å². The van der Waals surface area contributed by atoms with Crippen LogP contribution in [0, 0.1) is 0 Å². The van der Waals surface area contributed by atoms with Gasteiger partial charge in [-0.15, -0.1) is 0 Å². The van der Waals surface area contributed by atoms with Gasteiger partial charge in [0, 0.05) is 23.1 Å². The van der Waals surface area contributed by atoms with Gasteiger partial charge in [0.05, 0.1) is 12.3 Å². The second kappa shape index (κ2) is 7.22. The van der Waals surface area contributed by atoms with Gasteiger partial charge in [-0.25, -0.2) is 0 Å². The average molecular weight is 334 g/mol. The molecule has 0 unspecified atom stereocenters. The zero-order chi connectivity index (χ0) is 14.4. The summed E-state index contributed by atoms with van der Waals surface area (Å²) in [4.78, 5) is 12.9. The fourth-order valence-corrected chi connectivity index (χ4v) is 2.71. The highest BCUT2D eigenvalue weighted by molar-refractivity contribution is 9.10. The van der Waals surface area contributed by atoms with E-state index in [-0.39, 0.29) is 6.61 Å². The number of hydrogen-bond acceptors (Lipinski definition) is 3. The van der Waals surface area contributed by atoms with Gasteiger partial charge >= 0.3 is 0 Å². The number of nitrogens with zero attached hydrogens (tertiary/aromatic N) is 1. The molecule has 0 saturated heterocycles. The molecule has 0 spiro atoms. The monoisotopic (exact) mass is 333 g/mol. The molecule has 1 N–H and O–H groups in total. The summed E-state index contributed by atoms with van der Waals surface area (Å²) in [6, 6.07) is 15.5. The topological polar surface area (TPSA) is 40.5 Å². The van der Waals surface area contributed by atoms with Gasteiger partial charge in [-0.05, 0) is 39.7 Å². The van der Waals surface area contributed by atoms with E-state index in [1.807, 2.05) is 24.3 Å². The van der Waals surface area contributed by atoms with Crippen molar-refractivity contribution in [3.05, 3.63) is 64.1 Å². The number of halogens is 1. The number of rotatable bonds is 6. The Morgan fingerprint density at radius 1 is 1.15 bits per heavy atom. The lowest BCUT2D eigenvalue weighted by Crippen LogP contribution is -2.26. The molecule has 3 nitrogen and oxygen atoms in total. The fourth-order valence-electron chi connectivity index (χ4n) is 2.06. The van der Waals surface area contributed by atoms with Crippen molar-refractivity contribution in [1.29, 1.82) is 0 Å². The summed E-state index contributed by atoms with van der Waals surface area (Å²) in [6.45, 7) is 1.32. The highest BCUT2D eigenvalue weighted by Crippen LogP contribution is 2.28. The predicted octanol–water partition coefficient (Wildman–Crippen LogP) is 3.26. The third kappa shape index (κ3) is 3.68. The van der Waals surface area contributed by atoms with E-state index in [0.717, 1.165) is 16.4 Å². The number of carbonyl (C=O) groups is 1. The zero-order valence-corrected chi connectivity index (χ0v) is 12.6. The Hall–Kier alpha value is -1.65. The Morgan fingerprint density at radius 2 is 1.90 bits per heavy atom. The molecule has 4 heteroatoms. The summed E-state index contributed by atoms with van der Waals surface area (Å²) in [5.41, 5.74) is 2.77. The van der Waals surface area contributed by atoms with Crippen LogP contribution in [0.5, 0.6) is 0 Å². The summed E-state index contributed by atoms with van der Waals surface area (Å²) < 4.78 is 0.853. The van der Waals surface area contributed by atoms with Gasteiger partial charge in [-0.1, -0.05) is 30.3 Å². The molecule has 0 saturated carbocycles. The maximum Gasteiger partial charge on any atom is 0.150 e. The standard InChI is InChI=1S/C16H16BrNO2/c17-15-10-14(12-20)6-7-16(15)18(8-9-19)11-13-4-2-1-3-5-13/h1-7,10,12,19H,8-9,11H2. The molecule has 0 heterocycles. The molecule has 0 aliphatic carbocycles. The van der Waals surface area contributed by atoms with Gasteiger partial charge in [0.25, 0.3) is 0 Å². The number of aliphatic hydroxyl groups is 1. The van der Waals surface area contributed by atoms with Crippen molar-refractivity contribution in [3.8, 4) is 0 Å². The highest BCUT2D eigenvalue weighted by atomic mass is 79.9. The first-order valence-electron chi connectivity index (χ1n) is 6.39. The van der Waals surface area contributed by atoms with Gasteiger partial charge in [-0.3, -0.25) is 4.79 Å². The number of aldehydes is 1. The summed E-state index contributed by atoms with van der Waals surface area (Å²) in [5.74, 6) is 0. The van der Waals surface area contributed by atoms with Crippen LogP contribution >= 0.6 is 15.9 Å². The normalized spacial score (nSPS) is 10.3. The van der Waals surface area contributed by atoms with E-state index in [9.17, 15) is 9.90 Å². The lowest BCUT2D eigenvalue weighted by atomic mass is 10.1. The van der Waals surface area contributed by atoms with Crippen LogP contribution in [-0.4, -0.2) is 24.5 Å². The average Bonchev–Trinajstić information content (AvgIpc) is 2.48. The molecule has 0 radical (unpaired) electrons. The van der Waals surface area contributed by atoms with Crippen LogP contribution in [0.15, 0.2) is 53.0 Å². The Balaban J connectivity index is 2.26. The number of aliphatic hydroxyl groups excluding tert-OH is 1. The molecule has 2 rings (SSSR count). The van der Waals surface area contributed by atoms with E-state index in [1.165, 1.54) is 5.56 Å². The summed E-state index contributed by atoms with van der Waals surface area (Å²) in [5, 5.41) is 9.25. The zero-order valence-electron chi connectivity index (χ0n) is 11.0. The highest BCUT2D eigenvalue weighted by Gasteiger charge is 2.11. The van der Waals surface area contributed by atoms with Gasteiger partial charge < -0.3 is 10.0 Å². The van der Waals surface area contributed by atoms with Gasteiger partial charge in [0.15, 0.2) is 0 Å². The minimum Gasteiger partial charge on any atom is -0.395 e. The largest absolute Gasteiger partial charge is 0.395 e. The fraction of sp³-hybridized carbons (Fsp3) is 0.188. The molecular weight excluding hydrogens is 318 g/mol. The van der Waals surface area contributed by atoms with Crippen LogP contribution in [0.25, 0.3) is 0 Å². The molecule has 0 bridgehead atoms. The van der Waals surface area contributed by atoms with Crippen molar-refractivity contribution in [2.45, 2.75) is 6.54 Å². The van der Waals surface area contributed by atoms with E-state index in [2.05, 4.69) is 33.0 Å². The van der Waals surface area contributed by atoms with Crippen molar-refractivity contribution < 1.29 is 9.90 Å². The van der Waals surface area contributed by atoms with Crippen LogP contribution in [0.1, 0.15) is 15.9 Å². The number of carbonyl (C=O) groups excluding carboxylic acids is 1. The Kier molecular flexibility index (Phi) is 5.32. The third-order valence-corrected chi connectivity index (χ3v) is 3.67. The molecule has 2 aromatic rings. The van der Waals surface area contributed by atoms with Crippen molar-refractivity contribution in [2.75, 3.05) is 18.1 Å². The van der Waals surface area contributed by atoms with E-state index < -0.39 is 0 Å². The second-order valence-electron chi connectivity index (χ2n) is 4.46. The first kappa shape index (κ1) is 14.8. The molecule has 0 fully saturated rings. The number of anilines is 1. The number of hydrogen-bond donors (Lipinski definition) is 1. The second-order valence-corrected chi connectivity index (χ2v) is 5.31. The lowest BCUT2D eigenvalue weighted by molar-refractivity contribution is 0.112. The van der Waals surface area contributed by atoms with Gasteiger partial charge in [-0.2, -0.15) is 0 Å². The molecule has 0 aliphatic rings.